The van der Waals surface area contributed by atoms with E-state index in [9.17, 15) is 9.90 Å². The molecule has 0 heterocycles. The van der Waals surface area contributed by atoms with Crippen LogP contribution >= 0.6 is 0 Å². The van der Waals surface area contributed by atoms with Gasteiger partial charge in [0.25, 0.3) is 0 Å². The van der Waals surface area contributed by atoms with Crippen LogP contribution in [-0.4, -0.2) is 24.1 Å². The van der Waals surface area contributed by atoms with Gasteiger partial charge in [0, 0.05) is 12.0 Å². The summed E-state index contributed by atoms with van der Waals surface area (Å²) < 4.78 is 0. The lowest BCUT2D eigenvalue weighted by atomic mass is 9.76. The Bertz CT molecular complexity index is 596. The van der Waals surface area contributed by atoms with E-state index >= 15 is 0 Å². The number of nitrogens with one attached hydrogen (secondary N) is 1. The van der Waals surface area contributed by atoms with E-state index in [4.69, 9.17) is 5.73 Å². The maximum Gasteiger partial charge on any atom is 0.233 e. The Balaban J connectivity index is 2.38. The highest BCUT2D eigenvalue weighted by atomic mass is 16.3. The molecule has 2 aromatic carbocycles. The van der Waals surface area contributed by atoms with Crippen LogP contribution in [0.1, 0.15) is 18.1 Å². The Morgan fingerprint density at radius 3 is 2.24 bits per heavy atom. The van der Waals surface area contributed by atoms with E-state index in [1.54, 1.807) is 12.1 Å². The molecule has 0 bridgehead atoms. The van der Waals surface area contributed by atoms with Gasteiger partial charge in [0.1, 0.15) is 5.75 Å². The zero-order chi connectivity index (χ0) is 15.3. The van der Waals surface area contributed by atoms with Gasteiger partial charge in [-0.1, -0.05) is 42.5 Å². The van der Waals surface area contributed by atoms with Crippen molar-refractivity contribution < 1.29 is 9.90 Å². The van der Waals surface area contributed by atoms with Crippen molar-refractivity contribution in [2.75, 3.05) is 13.1 Å². The summed E-state index contributed by atoms with van der Waals surface area (Å²) in [7, 11) is 0. The summed E-state index contributed by atoms with van der Waals surface area (Å²) in [4.78, 5) is 11.5. The van der Waals surface area contributed by atoms with Crippen molar-refractivity contribution in [1.29, 1.82) is 0 Å². The predicted octanol–water partition coefficient (Wildman–Crippen LogP) is 1.77. The molecule has 0 saturated heterocycles. The lowest BCUT2D eigenvalue weighted by molar-refractivity contribution is -0.119. The summed E-state index contributed by atoms with van der Waals surface area (Å²) in [5, 5.41) is 12.3. The lowest BCUT2D eigenvalue weighted by Gasteiger charge is -2.31. The van der Waals surface area contributed by atoms with Crippen LogP contribution in [0.3, 0.4) is 0 Å². The van der Waals surface area contributed by atoms with Gasteiger partial charge in [0.05, 0.1) is 6.54 Å². The molecule has 0 aliphatic heterocycles. The molecule has 4 heteroatoms. The molecule has 1 unspecified atom stereocenters. The van der Waals surface area contributed by atoms with Gasteiger partial charge >= 0.3 is 0 Å². The molecule has 0 spiro atoms. The van der Waals surface area contributed by atoms with E-state index in [0.29, 0.717) is 6.54 Å². The molecule has 21 heavy (non-hydrogen) atoms. The molecule has 4 N–H and O–H groups in total. The molecule has 110 valence electrons. The van der Waals surface area contributed by atoms with Crippen LogP contribution in [0.25, 0.3) is 0 Å². The van der Waals surface area contributed by atoms with Crippen molar-refractivity contribution in [3.05, 3.63) is 65.7 Å². The Morgan fingerprint density at radius 1 is 1.10 bits per heavy atom. The summed E-state index contributed by atoms with van der Waals surface area (Å²) in [6.07, 6.45) is 0. The molecular formula is C17H20N2O2. The molecule has 1 amide bonds. The number of nitrogens with two attached hydrogens (primary N) is 1. The van der Waals surface area contributed by atoms with Gasteiger partial charge in [-0.05, 0) is 30.2 Å². The third-order valence-electron chi connectivity index (χ3n) is 3.74. The first kappa shape index (κ1) is 15.1. The molecule has 0 radical (unpaired) electrons. The summed E-state index contributed by atoms with van der Waals surface area (Å²) in [6, 6.07) is 17.0. The van der Waals surface area contributed by atoms with Gasteiger partial charge in [0.2, 0.25) is 5.91 Å². The standard InChI is InChI=1S/C17H20N2O2/c1-17(12-19-16(21)11-18,13-5-3-2-4-6-13)14-7-9-15(20)10-8-14/h2-10,20H,11-12,18H2,1H3,(H,19,21). The third-order valence-corrected chi connectivity index (χ3v) is 3.74. The number of amides is 1. The van der Waals surface area contributed by atoms with Crippen molar-refractivity contribution in [3.8, 4) is 5.75 Å². The Hall–Kier alpha value is -2.33. The fourth-order valence-corrected chi connectivity index (χ4v) is 2.35. The van der Waals surface area contributed by atoms with Crippen LogP contribution < -0.4 is 11.1 Å². The monoisotopic (exact) mass is 284 g/mol. The number of rotatable bonds is 5. The van der Waals surface area contributed by atoms with Crippen LogP contribution in [0, 0.1) is 0 Å². The molecule has 2 rings (SSSR count). The minimum atomic E-state index is -0.389. The van der Waals surface area contributed by atoms with Crippen molar-refractivity contribution in [3.63, 3.8) is 0 Å². The van der Waals surface area contributed by atoms with E-state index in [1.807, 2.05) is 42.5 Å². The number of hydrogen-bond donors (Lipinski definition) is 3. The van der Waals surface area contributed by atoms with Gasteiger partial charge in [-0.2, -0.15) is 0 Å². The molecule has 1 atom stereocenters. The predicted molar refractivity (Wildman–Crippen MR) is 83.1 cm³/mol. The van der Waals surface area contributed by atoms with Gasteiger partial charge in [0.15, 0.2) is 0 Å². The molecule has 4 nitrogen and oxygen atoms in total. The van der Waals surface area contributed by atoms with Crippen LogP contribution in [0.5, 0.6) is 5.75 Å². The maximum atomic E-state index is 11.5. The lowest BCUT2D eigenvalue weighted by Crippen LogP contribution is -2.41. The number of hydrogen-bond acceptors (Lipinski definition) is 3. The fraction of sp³-hybridized carbons (Fsp3) is 0.235. The molecule has 0 aliphatic carbocycles. The highest BCUT2D eigenvalue weighted by molar-refractivity contribution is 5.78. The molecule has 2 aromatic rings. The number of benzene rings is 2. The number of aromatic hydroxyl groups is 1. The van der Waals surface area contributed by atoms with E-state index < -0.39 is 0 Å². The Morgan fingerprint density at radius 2 is 1.67 bits per heavy atom. The molecular weight excluding hydrogens is 264 g/mol. The van der Waals surface area contributed by atoms with E-state index in [2.05, 4.69) is 12.2 Å². The maximum absolute atomic E-state index is 11.5. The first-order valence-corrected chi connectivity index (χ1v) is 6.88. The zero-order valence-corrected chi connectivity index (χ0v) is 12.0. The fourth-order valence-electron chi connectivity index (χ4n) is 2.35. The summed E-state index contributed by atoms with van der Waals surface area (Å²) in [6.45, 7) is 2.48. The van der Waals surface area contributed by atoms with Crippen LogP contribution in [0.15, 0.2) is 54.6 Å². The minimum Gasteiger partial charge on any atom is -0.508 e. The smallest absolute Gasteiger partial charge is 0.233 e. The largest absolute Gasteiger partial charge is 0.508 e. The van der Waals surface area contributed by atoms with Crippen LogP contribution in [0.2, 0.25) is 0 Å². The first-order chi connectivity index (χ1) is 10.1. The highest BCUT2D eigenvalue weighted by Gasteiger charge is 2.29. The summed E-state index contributed by atoms with van der Waals surface area (Å²) in [5.41, 5.74) is 7.07. The van der Waals surface area contributed by atoms with Gasteiger partial charge in [-0.15, -0.1) is 0 Å². The Labute approximate surface area is 124 Å². The summed E-state index contributed by atoms with van der Waals surface area (Å²) in [5.74, 6) is 0.0380. The second kappa shape index (κ2) is 6.41. The van der Waals surface area contributed by atoms with Crippen molar-refractivity contribution in [1.82, 2.24) is 5.32 Å². The molecule has 0 aliphatic rings. The zero-order valence-electron chi connectivity index (χ0n) is 12.0. The topological polar surface area (TPSA) is 75.4 Å². The molecule has 0 fully saturated rings. The minimum absolute atomic E-state index is 0.0273. The number of carbonyl (C=O) groups excluding carboxylic acids is 1. The van der Waals surface area contributed by atoms with Gasteiger partial charge < -0.3 is 16.2 Å². The SMILES string of the molecule is CC(CNC(=O)CN)(c1ccccc1)c1ccc(O)cc1. The quantitative estimate of drug-likeness (QED) is 0.783. The molecule has 0 aromatic heterocycles. The number of phenolic OH excluding ortho intramolecular Hbond substituents is 1. The third kappa shape index (κ3) is 3.41. The normalized spacial score (nSPS) is 13.4. The second-order valence-electron chi connectivity index (χ2n) is 5.23. The molecule has 0 saturated carbocycles. The first-order valence-electron chi connectivity index (χ1n) is 6.88. The average Bonchev–Trinajstić information content (AvgIpc) is 2.53. The van der Waals surface area contributed by atoms with E-state index in [1.165, 1.54) is 0 Å². The summed E-state index contributed by atoms with van der Waals surface area (Å²) >= 11 is 0. The second-order valence-corrected chi connectivity index (χ2v) is 5.23. The van der Waals surface area contributed by atoms with Gasteiger partial charge in [-0.3, -0.25) is 4.79 Å². The van der Waals surface area contributed by atoms with Crippen molar-refractivity contribution in [2.45, 2.75) is 12.3 Å². The van der Waals surface area contributed by atoms with Crippen molar-refractivity contribution in [2.24, 2.45) is 5.73 Å². The average molecular weight is 284 g/mol. The van der Waals surface area contributed by atoms with E-state index in [0.717, 1.165) is 11.1 Å². The number of phenols is 1. The van der Waals surface area contributed by atoms with Crippen LogP contribution in [0.4, 0.5) is 0 Å². The van der Waals surface area contributed by atoms with E-state index in [-0.39, 0.29) is 23.6 Å². The Kier molecular flexibility index (Phi) is 4.60. The van der Waals surface area contributed by atoms with Crippen LogP contribution in [-0.2, 0) is 10.2 Å². The highest BCUT2D eigenvalue weighted by Crippen LogP contribution is 2.32. The number of carbonyl (C=O) groups is 1. The van der Waals surface area contributed by atoms with Gasteiger partial charge in [-0.25, -0.2) is 0 Å². The van der Waals surface area contributed by atoms with Crippen molar-refractivity contribution >= 4 is 5.91 Å².